The molecule has 1 aromatic carbocycles. The molecule has 5 heteroatoms. The Kier molecular flexibility index (Phi) is 4.76. The van der Waals surface area contributed by atoms with Crippen LogP contribution >= 0.6 is 0 Å². The molecule has 0 fully saturated rings. The maximum Gasteiger partial charge on any atom is 0.348 e. The summed E-state index contributed by atoms with van der Waals surface area (Å²) in [4.78, 5) is 11.2. The summed E-state index contributed by atoms with van der Waals surface area (Å²) < 4.78 is 9.62. The fourth-order valence-corrected chi connectivity index (χ4v) is 1.32. The Hall–Kier alpha value is -2.48. The van der Waals surface area contributed by atoms with Crippen molar-refractivity contribution in [3.8, 4) is 17.6 Å². The van der Waals surface area contributed by atoms with E-state index in [0.717, 1.165) is 0 Å². The minimum atomic E-state index is -0.717. The lowest BCUT2D eigenvalue weighted by Gasteiger charge is -2.06. The van der Waals surface area contributed by atoms with Crippen molar-refractivity contribution in [1.29, 1.82) is 5.26 Å². The van der Waals surface area contributed by atoms with Gasteiger partial charge in [0, 0.05) is 0 Å². The van der Waals surface area contributed by atoms with Crippen LogP contribution in [0.1, 0.15) is 12.5 Å². The summed E-state index contributed by atoms with van der Waals surface area (Å²) in [6, 6.07) is 6.34. The van der Waals surface area contributed by atoms with E-state index in [-0.39, 0.29) is 11.3 Å². The number of hydrogen-bond acceptors (Lipinski definition) is 5. The molecule has 0 amide bonds. The first-order chi connectivity index (χ1) is 8.62. The fourth-order valence-electron chi connectivity index (χ4n) is 1.32. The lowest BCUT2D eigenvalue weighted by atomic mass is 10.1. The van der Waals surface area contributed by atoms with Crippen molar-refractivity contribution in [3.63, 3.8) is 0 Å². The molecule has 0 saturated carbocycles. The topological polar surface area (TPSA) is 79.5 Å². The number of methoxy groups -OCH3 is 1. The first-order valence-corrected chi connectivity index (χ1v) is 5.28. The lowest BCUT2D eigenvalue weighted by molar-refractivity contribution is -0.135. The van der Waals surface area contributed by atoms with Gasteiger partial charge in [0.2, 0.25) is 0 Å². The van der Waals surface area contributed by atoms with Crippen LogP contribution in [0.25, 0.3) is 6.08 Å². The molecule has 0 unspecified atom stereocenters. The highest BCUT2D eigenvalue weighted by atomic mass is 16.5. The predicted octanol–water partition coefficient (Wildman–Crippen LogP) is 1.87. The zero-order chi connectivity index (χ0) is 13.5. The van der Waals surface area contributed by atoms with Crippen LogP contribution in [0.4, 0.5) is 0 Å². The van der Waals surface area contributed by atoms with Gasteiger partial charge in [0.25, 0.3) is 0 Å². The second-order valence-corrected chi connectivity index (χ2v) is 3.32. The summed E-state index contributed by atoms with van der Waals surface area (Å²) in [7, 11) is 1.20. The molecule has 18 heavy (non-hydrogen) atoms. The Balaban J connectivity index is 3.05. The first kappa shape index (κ1) is 13.6. The molecule has 1 aromatic rings. The molecule has 0 bridgehead atoms. The summed E-state index contributed by atoms with van der Waals surface area (Å²) in [5.74, 6) is -0.412. The molecule has 0 saturated heterocycles. The van der Waals surface area contributed by atoms with Gasteiger partial charge in [-0.15, -0.1) is 0 Å². The molecule has 0 spiro atoms. The predicted molar refractivity (Wildman–Crippen MR) is 64.9 cm³/mol. The van der Waals surface area contributed by atoms with E-state index >= 15 is 0 Å². The number of carbonyl (C=O) groups is 1. The van der Waals surface area contributed by atoms with Crippen LogP contribution in [0.15, 0.2) is 23.8 Å². The monoisotopic (exact) mass is 247 g/mol. The average molecular weight is 247 g/mol. The van der Waals surface area contributed by atoms with Crippen molar-refractivity contribution in [1.82, 2.24) is 0 Å². The van der Waals surface area contributed by atoms with Crippen molar-refractivity contribution in [2.24, 2.45) is 0 Å². The average Bonchev–Trinajstić information content (AvgIpc) is 2.38. The highest BCUT2D eigenvalue weighted by molar-refractivity contribution is 5.97. The number of esters is 1. The number of hydrogen-bond donors (Lipinski definition) is 1. The van der Waals surface area contributed by atoms with Crippen molar-refractivity contribution < 1.29 is 19.4 Å². The molecule has 0 heterocycles. The largest absolute Gasteiger partial charge is 0.504 e. The number of benzene rings is 1. The maximum atomic E-state index is 11.2. The Bertz CT molecular complexity index is 514. The third-order valence-corrected chi connectivity index (χ3v) is 2.12. The standard InChI is InChI=1S/C13H13NO4/c1-3-18-12-5-4-9(7-11(12)15)6-10(8-14)13(16)17-2/h4-7,15H,3H2,1-2H3/b10-6+. The number of nitrogens with zero attached hydrogens (tertiary/aromatic N) is 1. The molecule has 94 valence electrons. The van der Waals surface area contributed by atoms with Crippen molar-refractivity contribution in [2.75, 3.05) is 13.7 Å². The minimum absolute atomic E-state index is 0.0484. The van der Waals surface area contributed by atoms with E-state index in [2.05, 4.69) is 4.74 Å². The van der Waals surface area contributed by atoms with Crippen LogP contribution < -0.4 is 4.74 Å². The molecule has 0 aromatic heterocycles. The molecular weight excluding hydrogens is 234 g/mol. The van der Waals surface area contributed by atoms with Gasteiger partial charge in [-0.1, -0.05) is 6.07 Å². The molecule has 0 radical (unpaired) electrons. The quantitative estimate of drug-likeness (QED) is 0.499. The van der Waals surface area contributed by atoms with Gasteiger partial charge in [-0.25, -0.2) is 4.79 Å². The molecule has 1 N–H and O–H groups in total. The Morgan fingerprint density at radius 3 is 2.78 bits per heavy atom. The molecule has 1 rings (SSSR count). The van der Waals surface area contributed by atoms with E-state index in [1.165, 1.54) is 19.3 Å². The Labute approximate surface area is 105 Å². The van der Waals surface area contributed by atoms with Crippen molar-refractivity contribution in [2.45, 2.75) is 6.92 Å². The fraction of sp³-hybridized carbons (Fsp3) is 0.231. The highest BCUT2D eigenvalue weighted by Crippen LogP contribution is 2.27. The van der Waals surface area contributed by atoms with Crippen LogP contribution in [-0.2, 0) is 9.53 Å². The molecule has 0 aliphatic rings. The number of phenolic OH excluding ortho intramolecular Hbond substituents is 1. The number of carbonyl (C=O) groups excluding carboxylic acids is 1. The second-order valence-electron chi connectivity index (χ2n) is 3.32. The third-order valence-electron chi connectivity index (χ3n) is 2.12. The number of rotatable bonds is 4. The van der Waals surface area contributed by atoms with Gasteiger partial charge in [0.1, 0.15) is 11.6 Å². The second kappa shape index (κ2) is 6.30. The van der Waals surface area contributed by atoms with Gasteiger partial charge >= 0.3 is 5.97 Å². The minimum Gasteiger partial charge on any atom is -0.504 e. The van der Waals surface area contributed by atoms with E-state index in [4.69, 9.17) is 10.00 Å². The molecule has 0 aliphatic carbocycles. The third kappa shape index (κ3) is 3.25. The van der Waals surface area contributed by atoms with E-state index in [1.807, 2.05) is 0 Å². The Morgan fingerprint density at radius 2 is 2.28 bits per heavy atom. The summed E-state index contributed by atoms with van der Waals surface area (Å²) in [5, 5.41) is 18.4. The van der Waals surface area contributed by atoms with E-state index in [1.54, 1.807) is 25.1 Å². The van der Waals surface area contributed by atoms with Gasteiger partial charge in [-0.2, -0.15) is 5.26 Å². The molecule has 0 atom stereocenters. The summed E-state index contributed by atoms with van der Waals surface area (Å²) in [6.45, 7) is 2.24. The number of aromatic hydroxyl groups is 1. The van der Waals surface area contributed by atoms with Gasteiger partial charge in [-0.3, -0.25) is 0 Å². The normalized spacial score (nSPS) is 10.6. The molecule has 5 nitrogen and oxygen atoms in total. The zero-order valence-electron chi connectivity index (χ0n) is 10.1. The zero-order valence-corrected chi connectivity index (χ0v) is 10.1. The van der Waals surface area contributed by atoms with Crippen LogP contribution in [-0.4, -0.2) is 24.8 Å². The van der Waals surface area contributed by atoms with Gasteiger partial charge in [0.15, 0.2) is 11.5 Å². The number of ether oxygens (including phenoxy) is 2. The van der Waals surface area contributed by atoms with E-state index in [0.29, 0.717) is 17.9 Å². The Morgan fingerprint density at radius 1 is 1.56 bits per heavy atom. The van der Waals surface area contributed by atoms with Crippen LogP contribution in [0.2, 0.25) is 0 Å². The summed E-state index contributed by atoms with van der Waals surface area (Å²) >= 11 is 0. The number of phenols is 1. The maximum absolute atomic E-state index is 11.2. The highest BCUT2D eigenvalue weighted by Gasteiger charge is 2.09. The van der Waals surface area contributed by atoms with Crippen LogP contribution in [0.5, 0.6) is 11.5 Å². The smallest absolute Gasteiger partial charge is 0.348 e. The van der Waals surface area contributed by atoms with Gasteiger partial charge in [0.05, 0.1) is 13.7 Å². The van der Waals surface area contributed by atoms with E-state index in [9.17, 15) is 9.90 Å². The summed E-state index contributed by atoms with van der Waals surface area (Å²) in [6.07, 6.45) is 1.33. The summed E-state index contributed by atoms with van der Waals surface area (Å²) in [5.41, 5.74) is 0.374. The van der Waals surface area contributed by atoms with Crippen LogP contribution in [0, 0.1) is 11.3 Å². The van der Waals surface area contributed by atoms with Crippen LogP contribution in [0.3, 0.4) is 0 Å². The molecule has 0 aliphatic heterocycles. The van der Waals surface area contributed by atoms with Gasteiger partial charge in [-0.05, 0) is 30.7 Å². The SMILES string of the molecule is CCOc1ccc(/C=C(\C#N)C(=O)OC)cc1O. The van der Waals surface area contributed by atoms with Gasteiger partial charge < -0.3 is 14.6 Å². The van der Waals surface area contributed by atoms with E-state index < -0.39 is 5.97 Å². The van der Waals surface area contributed by atoms with Crippen molar-refractivity contribution >= 4 is 12.0 Å². The molecular formula is C13H13NO4. The lowest BCUT2D eigenvalue weighted by Crippen LogP contribution is -2.02. The van der Waals surface area contributed by atoms with Crippen molar-refractivity contribution in [3.05, 3.63) is 29.3 Å². The number of nitriles is 1. The first-order valence-electron chi connectivity index (χ1n) is 5.28.